The zero-order chi connectivity index (χ0) is 20.8. The zero-order valence-electron chi connectivity index (χ0n) is 16.7. The minimum Gasteiger partial charge on any atom is -0.379 e. The summed E-state index contributed by atoms with van der Waals surface area (Å²) in [7, 11) is 0. The number of thioether (sulfide) groups is 1. The number of para-hydroxylation sites is 1. The predicted octanol–water partition coefficient (Wildman–Crippen LogP) is 2.25. The van der Waals surface area contributed by atoms with E-state index in [0.29, 0.717) is 54.4 Å². The molecule has 1 aliphatic heterocycles. The molecule has 0 bridgehead atoms. The van der Waals surface area contributed by atoms with Crippen LogP contribution in [0.25, 0.3) is 10.9 Å². The van der Waals surface area contributed by atoms with Crippen LogP contribution in [0.15, 0.2) is 34.2 Å². The minimum atomic E-state index is -0.342. The number of carbonyl (C=O) groups is 2. The number of benzene rings is 1. The molecule has 1 aliphatic rings. The van der Waals surface area contributed by atoms with Gasteiger partial charge in [-0.3, -0.25) is 19.1 Å². The molecule has 1 N–H and O–H groups in total. The highest BCUT2D eigenvalue weighted by Gasteiger charge is 2.27. The fourth-order valence-corrected chi connectivity index (χ4v) is 4.01. The van der Waals surface area contributed by atoms with Crippen LogP contribution < -0.4 is 10.9 Å². The fraction of sp³-hybridized carbons (Fsp3) is 0.500. The number of nitrogens with zero attached hydrogens (tertiary/aromatic N) is 3. The van der Waals surface area contributed by atoms with Crippen LogP contribution in [0.2, 0.25) is 0 Å². The Morgan fingerprint density at radius 1 is 1.17 bits per heavy atom. The molecule has 0 aliphatic carbocycles. The lowest BCUT2D eigenvalue weighted by Crippen LogP contribution is -2.32. The smallest absolute Gasteiger partial charge is 0.324 e. The molecule has 0 atom stereocenters. The van der Waals surface area contributed by atoms with Crippen LogP contribution in [0.5, 0.6) is 0 Å². The Balaban J connectivity index is 1.69. The van der Waals surface area contributed by atoms with Crippen molar-refractivity contribution in [2.45, 2.75) is 44.5 Å². The van der Waals surface area contributed by atoms with Crippen molar-refractivity contribution < 1.29 is 14.3 Å². The quantitative estimate of drug-likeness (QED) is 0.275. The third-order valence-corrected chi connectivity index (χ3v) is 5.56. The molecule has 3 amide bonds. The summed E-state index contributed by atoms with van der Waals surface area (Å²) in [6.45, 7) is 5.49. The second kappa shape index (κ2) is 9.89. The topological polar surface area (TPSA) is 93.5 Å². The molecule has 1 aromatic carbocycles. The Labute approximate surface area is 173 Å². The van der Waals surface area contributed by atoms with Crippen LogP contribution in [-0.2, 0) is 16.1 Å². The van der Waals surface area contributed by atoms with Crippen LogP contribution in [-0.4, -0.2) is 57.9 Å². The second-order valence-electron chi connectivity index (χ2n) is 7.05. The number of amides is 3. The summed E-state index contributed by atoms with van der Waals surface area (Å²) in [5.74, 6) is 0.440. The van der Waals surface area contributed by atoms with Gasteiger partial charge < -0.3 is 10.1 Å². The Bertz CT molecular complexity index is 928. The number of aromatic nitrogens is 2. The van der Waals surface area contributed by atoms with E-state index in [1.54, 1.807) is 10.6 Å². The molecule has 0 radical (unpaired) electrons. The highest BCUT2D eigenvalue weighted by molar-refractivity contribution is 7.99. The maximum Gasteiger partial charge on any atom is 0.324 e. The predicted molar refractivity (Wildman–Crippen MR) is 112 cm³/mol. The van der Waals surface area contributed by atoms with Crippen molar-refractivity contribution >= 4 is 34.6 Å². The zero-order valence-corrected chi connectivity index (χ0v) is 17.5. The van der Waals surface area contributed by atoms with Crippen molar-refractivity contribution in [2.24, 2.45) is 0 Å². The summed E-state index contributed by atoms with van der Waals surface area (Å²) >= 11 is 1.47. The first-order valence-electron chi connectivity index (χ1n) is 9.79. The molecular formula is C20H26N4O4S. The number of urea groups is 1. The van der Waals surface area contributed by atoms with E-state index >= 15 is 0 Å². The fourth-order valence-electron chi connectivity index (χ4n) is 3.06. The second-order valence-corrected chi connectivity index (χ2v) is 8.11. The number of carbonyl (C=O) groups excluding carboxylic acids is 2. The van der Waals surface area contributed by atoms with Crippen LogP contribution in [0.3, 0.4) is 0 Å². The summed E-state index contributed by atoms with van der Waals surface area (Å²) in [5.41, 5.74) is 0.612. The van der Waals surface area contributed by atoms with Gasteiger partial charge in [0, 0.05) is 25.4 Å². The first-order chi connectivity index (χ1) is 14.0. The average molecular weight is 419 g/mol. The normalized spacial score (nSPS) is 14.2. The van der Waals surface area contributed by atoms with Gasteiger partial charge in [-0.1, -0.05) is 23.9 Å². The van der Waals surface area contributed by atoms with Crippen molar-refractivity contribution in [3.63, 3.8) is 0 Å². The average Bonchev–Trinajstić information content (AvgIpc) is 3.02. The SMILES string of the molecule is CC(C)OCCCn1c(SCCCN2C(=O)CNC2=O)nc2ccccc2c1=O. The van der Waals surface area contributed by atoms with Gasteiger partial charge in [-0.05, 0) is 38.8 Å². The molecule has 2 aromatic rings. The van der Waals surface area contributed by atoms with Crippen molar-refractivity contribution in [1.29, 1.82) is 0 Å². The minimum absolute atomic E-state index is 0.0586. The van der Waals surface area contributed by atoms with Crippen LogP contribution in [0, 0.1) is 0 Å². The molecule has 0 unspecified atom stereocenters. The first kappa shape index (κ1) is 21.3. The van der Waals surface area contributed by atoms with Gasteiger partial charge >= 0.3 is 6.03 Å². The van der Waals surface area contributed by atoms with E-state index in [1.807, 2.05) is 32.0 Å². The van der Waals surface area contributed by atoms with Gasteiger partial charge in [0.25, 0.3) is 5.56 Å². The van der Waals surface area contributed by atoms with E-state index < -0.39 is 0 Å². The third kappa shape index (κ3) is 5.36. The van der Waals surface area contributed by atoms with E-state index in [2.05, 4.69) is 10.3 Å². The van der Waals surface area contributed by atoms with Gasteiger partial charge in [-0.15, -0.1) is 0 Å². The number of ether oxygens (including phenoxy) is 1. The van der Waals surface area contributed by atoms with E-state index in [1.165, 1.54) is 16.7 Å². The lowest BCUT2D eigenvalue weighted by Gasteiger charge is -2.15. The number of hydrogen-bond acceptors (Lipinski definition) is 6. The van der Waals surface area contributed by atoms with Gasteiger partial charge in [0.05, 0.1) is 23.6 Å². The van der Waals surface area contributed by atoms with Crippen molar-refractivity contribution in [3.05, 3.63) is 34.6 Å². The highest BCUT2D eigenvalue weighted by Crippen LogP contribution is 2.19. The molecule has 9 heteroatoms. The largest absolute Gasteiger partial charge is 0.379 e. The number of fused-ring (bicyclic) bond motifs is 1. The standard InChI is InChI=1S/C20H26N4O4S/c1-14(2)28-11-5-9-24-18(26)15-7-3-4-8-16(15)22-20(24)29-12-6-10-23-17(25)13-21-19(23)27/h3-4,7-8,14H,5-6,9-13H2,1-2H3,(H,21,27). The van der Waals surface area contributed by atoms with Gasteiger partial charge in [0.15, 0.2) is 5.16 Å². The molecule has 1 aromatic heterocycles. The maximum absolute atomic E-state index is 13.0. The number of nitrogens with one attached hydrogen (secondary N) is 1. The summed E-state index contributed by atoms with van der Waals surface area (Å²) < 4.78 is 7.29. The van der Waals surface area contributed by atoms with Crippen molar-refractivity contribution in [3.8, 4) is 0 Å². The van der Waals surface area contributed by atoms with Crippen molar-refractivity contribution in [2.75, 3.05) is 25.4 Å². The number of imide groups is 1. The van der Waals surface area contributed by atoms with Gasteiger partial charge in [0.2, 0.25) is 5.91 Å². The summed E-state index contributed by atoms with van der Waals surface area (Å²) in [6, 6.07) is 6.98. The Morgan fingerprint density at radius 3 is 2.69 bits per heavy atom. The third-order valence-electron chi connectivity index (χ3n) is 4.50. The lowest BCUT2D eigenvalue weighted by molar-refractivity contribution is -0.124. The Morgan fingerprint density at radius 2 is 1.97 bits per heavy atom. The van der Waals surface area contributed by atoms with Crippen LogP contribution >= 0.6 is 11.8 Å². The lowest BCUT2D eigenvalue weighted by atomic mass is 10.2. The molecule has 1 fully saturated rings. The molecule has 2 heterocycles. The molecule has 3 rings (SSSR count). The number of rotatable bonds is 10. The maximum atomic E-state index is 13.0. The van der Waals surface area contributed by atoms with Crippen molar-refractivity contribution in [1.82, 2.24) is 19.8 Å². The first-order valence-corrected chi connectivity index (χ1v) is 10.8. The Kier molecular flexibility index (Phi) is 7.27. The molecule has 1 saturated heterocycles. The van der Waals surface area contributed by atoms with Crippen LogP contribution in [0.4, 0.5) is 4.79 Å². The summed E-state index contributed by atoms with van der Waals surface area (Å²) in [6.07, 6.45) is 1.50. The molecule has 29 heavy (non-hydrogen) atoms. The van der Waals surface area contributed by atoms with Gasteiger partial charge in [0.1, 0.15) is 0 Å². The summed E-state index contributed by atoms with van der Waals surface area (Å²) in [5, 5.41) is 3.76. The van der Waals surface area contributed by atoms with Crippen LogP contribution in [0.1, 0.15) is 26.7 Å². The molecule has 0 saturated carbocycles. The van der Waals surface area contributed by atoms with Gasteiger partial charge in [-0.25, -0.2) is 9.78 Å². The molecule has 0 spiro atoms. The van der Waals surface area contributed by atoms with E-state index in [4.69, 9.17) is 4.74 Å². The van der Waals surface area contributed by atoms with Gasteiger partial charge in [-0.2, -0.15) is 0 Å². The summed E-state index contributed by atoms with van der Waals surface area (Å²) in [4.78, 5) is 42.1. The number of hydrogen-bond donors (Lipinski definition) is 1. The molecule has 8 nitrogen and oxygen atoms in total. The van der Waals surface area contributed by atoms with E-state index in [-0.39, 0.29) is 30.1 Å². The molecular weight excluding hydrogens is 392 g/mol. The Hall–Kier alpha value is -2.39. The molecule has 156 valence electrons. The van der Waals surface area contributed by atoms with E-state index in [9.17, 15) is 14.4 Å². The monoisotopic (exact) mass is 418 g/mol. The highest BCUT2D eigenvalue weighted by atomic mass is 32.2. The van der Waals surface area contributed by atoms with E-state index in [0.717, 1.165) is 0 Å².